The molecular formula is C11H10Br2F2O3. The summed E-state index contributed by atoms with van der Waals surface area (Å²) in [7, 11) is 0. The summed E-state index contributed by atoms with van der Waals surface area (Å²) in [6.07, 6.45) is -1.24. The molecule has 3 nitrogen and oxygen atoms in total. The number of aliphatic hydroxyl groups excluding tert-OH is 1. The number of alkyl halides is 3. The number of hydrogen-bond acceptors (Lipinski definition) is 3. The first-order valence-corrected chi connectivity index (χ1v) is 6.82. The number of rotatable bonds is 2. The van der Waals surface area contributed by atoms with Crippen LogP contribution in [-0.4, -0.2) is 23.2 Å². The monoisotopic (exact) mass is 386 g/mol. The van der Waals surface area contributed by atoms with Crippen LogP contribution in [0.1, 0.15) is 18.1 Å². The molecule has 1 aliphatic rings. The molecule has 2 rings (SSSR count). The van der Waals surface area contributed by atoms with Crippen molar-refractivity contribution in [3.05, 3.63) is 22.2 Å². The van der Waals surface area contributed by atoms with Crippen LogP contribution in [0, 0.1) is 0 Å². The van der Waals surface area contributed by atoms with Gasteiger partial charge >= 0.3 is 4.83 Å². The lowest BCUT2D eigenvalue weighted by atomic mass is 10.1. The third-order valence-corrected chi connectivity index (χ3v) is 3.47. The average Bonchev–Trinajstić information content (AvgIpc) is 2.52. The third kappa shape index (κ3) is 2.95. The van der Waals surface area contributed by atoms with Gasteiger partial charge in [-0.05, 0) is 49.6 Å². The summed E-state index contributed by atoms with van der Waals surface area (Å²) in [6, 6.07) is 2.76. The molecule has 1 unspecified atom stereocenters. The summed E-state index contributed by atoms with van der Waals surface area (Å²) in [5.74, 6) is 0.828. The second-order valence-electron chi connectivity index (χ2n) is 3.82. The molecule has 0 saturated carbocycles. The Morgan fingerprint density at radius 1 is 1.28 bits per heavy atom. The number of fused-ring (bicyclic) bond motifs is 1. The summed E-state index contributed by atoms with van der Waals surface area (Å²) in [4.78, 5) is -3.40. The van der Waals surface area contributed by atoms with Crippen LogP contribution in [0.3, 0.4) is 0 Å². The molecule has 0 spiro atoms. The maximum absolute atomic E-state index is 13.0. The van der Waals surface area contributed by atoms with Crippen molar-refractivity contribution < 1.29 is 23.4 Å². The molecule has 0 fully saturated rings. The van der Waals surface area contributed by atoms with Crippen LogP contribution in [0.15, 0.2) is 16.6 Å². The fourth-order valence-electron chi connectivity index (χ4n) is 1.60. The van der Waals surface area contributed by atoms with Crippen molar-refractivity contribution in [2.75, 3.05) is 13.2 Å². The molecule has 0 radical (unpaired) electrons. The Balaban J connectivity index is 2.40. The van der Waals surface area contributed by atoms with Crippen LogP contribution in [0.2, 0.25) is 0 Å². The van der Waals surface area contributed by atoms with Gasteiger partial charge in [-0.15, -0.1) is 0 Å². The minimum Gasteiger partial charge on any atom is -0.490 e. The van der Waals surface area contributed by atoms with E-state index >= 15 is 0 Å². The minimum absolute atomic E-state index is 0.0491. The standard InChI is InChI=1S/C11H10Br2F2O3/c12-7-4-6(10(16)11(13,14)15)5-8-9(7)18-3-1-2-17-8/h4-5,10,16H,1-3H2. The maximum atomic E-state index is 13.0. The van der Waals surface area contributed by atoms with Crippen molar-refractivity contribution in [1.82, 2.24) is 0 Å². The average molecular weight is 388 g/mol. The summed E-state index contributed by atoms with van der Waals surface area (Å²) in [5, 5.41) is 9.54. The molecule has 7 heteroatoms. The van der Waals surface area contributed by atoms with Crippen LogP contribution >= 0.6 is 31.9 Å². The first kappa shape index (κ1) is 14.0. The van der Waals surface area contributed by atoms with E-state index in [0.29, 0.717) is 35.6 Å². The zero-order valence-corrected chi connectivity index (χ0v) is 12.3. The predicted molar refractivity (Wildman–Crippen MR) is 68.6 cm³/mol. The van der Waals surface area contributed by atoms with Gasteiger partial charge in [-0.3, -0.25) is 0 Å². The molecule has 1 aromatic rings. The van der Waals surface area contributed by atoms with Crippen molar-refractivity contribution in [3.63, 3.8) is 0 Å². The molecule has 1 aromatic carbocycles. The Labute approximate surface area is 119 Å². The Bertz CT molecular complexity index is 449. The van der Waals surface area contributed by atoms with Gasteiger partial charge in [-0.2, -0.15) is 8.78 Å². The van der Waals surface area contributed by atoms with Crippen molar-refractivity contribution in [1.29, 1.82) is 0 Å². The van der Waals surface area contributed by atoms with Gasteiger partial charge in [-0.25, -0.2) is 0 Å². The molecule has 1 N–H and O–H groups in total. The van der Waals surface area contributed by atoms with Crippen molar-refractivity contribution in [2.45, 2.75) is 17.4 Å². The molecular weight excluding hydrogens is 378 g/mol. The quantitative estimate of drug-likeness (QED) is 0.787. The first-order valence-electron chi connectivity index (χ1n) is 5.23. The van der Waals surface area contributed by atoms with Crippen molar-refractivity contribution in [3.8, 4) is 11.5 Å². The van der Waals surface area contributed by atoms with Gasteiger partial charge in [0.25, 0.3) is 0 Å². The van der Waals surface area contributed by atoms with E-state index in [0.717, 1.165) is 0 Å². The number of aliphatic hydroxyl groups is 1. The van der Waals surface area contributed by atoms with E-state index in [9.17, 15) is 13.9 Å². The topological polar surface area (TPSA) is 38.7 Å². The number of benzene rings is 1. The minimum atomic E-state index is -3.40. The van der Waals surface area contributed by atoms with Crippen LogP contribution in [-0.2, 0) is 0 Å². The Hall–Kier alpha value is -0.400. The highest BCUT2D eigenvalue weighted by molar-refractivity contribution is 9.10. The fourth-order valence-corrected chi connectivity index (χ4v) is 2.44. The smallest absolute Gasteiger partial charge is 0.330 e. The van der Waals surface area contributed by atoms with Gasteiger partial charge in [0, 0.05) is 6.42 Å². The molecule has 0 bridgehead atoms. The normalized spacial score (nSPS) is 17.2. The lowest BCUT2D eigenvalue weighted by Gasteiger charge is -2.19. The van der Waals surface area contributed by atoms with E-state index in [1.807, 2.05) is 0 Å². The zero-order valence-electron chi connectivity index (χ0n) is 9.13. The Morgan fingerprint density at radius 2 is 1.94 bits per heavy atom. The highest BCUT2D eigenvalue weighted by Gasteiger charge is 2.37. The Morgan fingerprint density at radius 3 is 2.61 bits per heavy atom. The molecule has 0 amide bonds. The molecule has 1 aliphatic heterocycles. The second kappa shape index (κ2) is 5.30. The number of ether oxygens (including phenoxy) is 2. The molecule has 0 aliphatic carbocycles. The molecule has 1 atom stereocenters. The zero-order chi connectivity index (χ0) is 13.3. The van der Waals surface area contributed by atoms with Crippen molar-refractivity contribution >= 4 is 31.9 Å². The molecule has 1 heterocycles. The number of halogens is 4. The van der Waals surface area contributed by atoms with Gasteiger partial charge in [0.15, 0.2) is 17.6 Å². The van der Waals surface area contributed by atoms with Crippen LogP contribution in [0.4, 0.5) is 8.78 Å². The SMILES string of the molecule is OC(c1cc(Br)c2c(c1)OCCCO2)C(F)(F)Br. The van der Waals surface area contributed by atoms with E-state index in [4.69, 9.17) is 9.47 Å². The molecule has 100 valence electrons. The largest absolute Gasteiger partial charge is 0.490 e. The molecule has 0 aromatic heterocycles. The van der Waals surface area contributed by atoms with E-state index in [1.54, 1.807) is 0 Å². The maximum Gasteiger partial charge on any atom is 0.330 e. The van der Waals surface area contributed by atoms with Crippen LogP contribution in [0.25, 0.3) is 0 Å². The van der Waals surface area contributed by atoms with E-state index in [2.05, 4.69) is 31.9 Å². The van der Waals surface area contributed by atoms with Crippen LogP contribution in [0.5, 0.6) is 11.5 Å². The summed E-state index contributed by atoms with van der Waals surface area (Å²) < 4.78 is 37.4. The lowest BCUT2D eigenvalue weighted by molar-refractivity contribution is -0.0295. The van der Waals surface area contributed by atoms with Gasteiger partial charge in [0.05, 0.1) is 17.7 Å². The summed E-state index contributed by atoms with van der Waals surface area (Å²) in [6.45, 7) is 0.950. The molecule has 18 heavy (non-hydrogen) atoms. The molecule has 0 saturated heterocycles. The fraction of sp³-hybridized carbons (Fsp3) is 0.455. The van der Waals surface area contributed by atoms with Crippen molar-refractivity contribution in [2.24, 2.45) is 0 Å². The highest BCUT2D eigenvalue weighted by Crippen LogP contribution is 2.43. The third-order valence-electron chi connectivity index (χ3n) is 2.45. The second-order valence-corrected chi connectivity index (χ2v) is 5.74. The van der Waals surface area contributed by atoms with E-state index < -0.39 is 10.9 Å². The van der Waals surface area contributed by atoms with Crippen LogP contribution < -0.4 is 9.47 Å². The first-order chi connectivity index (χ1) is 8.39. The lowest BCUT2D eigenvalue weighted by Crippen LogP contribution is -2.18. The summed E-state index contributed by atoms with van der Waals surface area (Å²) >= 11 is 5.37. The Kier molecular flexibility index (Phi) is 4.13. The summed E-state index contributed by atoms with van der Waals surface area (Å²) in [5.41, 5.74) is 0.0491. The van der Waals surface area contributed by atoms with Gasteiger partial charge in [-0.1, -0.05) is 0 Å². The van der Waals surface area contributed by atoms with Gasteiger partial charge < -0.3 is 14.6 Å². The predicted octanol–water partition coefficient (Wildman–Crippen LogP) is 3.63. The van der Waals surface area contributed by atoms with E-state index in [1.165, 1.54) is 12.1 Å². The number of hydrogen-bond donors (Lipinski definition) is 1. The van der Waals surface area contributed by atoms with E-state index in [-0.39, 0.29) is 5.56 Å². The van der Waals surface area contributed by atoms with Gasteiger partial charge in [0.1, 0.15) is 0 Å². The van der Waals surface area contributed by atoms with Gasteiger partial charge in [0.2, 0.25) is 0 Å². The highest BCUT2D eigenvalue weighted by atomic mass is 79.9.